The Kier molecular flexibility index (Phi) is 2.43. The summed E-state index contributed by atoms with van der Waals surface area (Å²) in [7, 11) is 0. The predicted molar refractivity (Wildman–Crippen MR) is 79.5 cm³/mol. The van der Waals surface area contributed by atoms with Gasteiger partial charge in [-0.25, -0.2) is 4.98 Å². The molecule has 7 heteroatoms. The standard InChI is InChI=1S/C14H10N6O/c21-13-11-12(17-7-16-11)19-14(20-13)18-9-5-8-3-1-2-4-10(8)15-6-9/h1-7H,(H3,16,17,18,19,20,21). The highest BCUT2D eigenvalue weighted by atomic mass is 16.1. The second-order valence-electron chi connectivity index (χ2n) is 4.56. The highest BCUT2D eigenvalue weighted by molar-refractivity contribution is 5.82. The maximum atomic E-state index is 11.8. The first kappa shape index (κ1) is 11.6. The molecule has 0 aliphatic carbocycles. The molecule has 102 valence electrons. The summed E-state index contributed by atoms with van der Waals surface area (Å²) in [5.74, 6) is 0.342. The van der Waals surface area contributed by atoms with Crippen LogP contribution in [0.4, 0.5) is 11.6 Å². The summed E-state index contributed by atoms with van der Waals surface area (Å²) in [6.07, 6.45) is 3.13. The molecule has 21 heavy (non-hydrogen) atoms. The van der Waals surface area contributed by atoms with E-state index in [2.05, 4.69) is 30.2 Å². The number of H-pyrrole nitrogens is 2. The number of fused-ring (bicyclic) bond motifs is 2. The van der Waals surface area contributed by atoms with Gasteiger partial charge in [0.2, 0.25) is 5.95 Å². The van der Waals surface area contributed by atoms with Crippen LogP contribution < -0.4 is 10.9 Å². The Morgan fingerprint density at radius 2 is 2.05 bits per heavy atom. The Hall–Kier alpha value is -3.22. The summed E-state index contributed by atoms with van der Waals surface area (Å²) in [5, 5.41) is 4.05. The van der Waals surface area contributed by atoms with Gasteiger partial charge in [-0.2, -0.15) is 4.98 Å². The molecule has 4 aromatic rings. The largest absolute Gasteiger partial charge is 0.329 e. The first-order chi connectivity index (χ1) is 10.3. The number of nitrogens with zero attached hydrogens (tertiary/aromatic N) is 3. The quantitative estimate of drug-likeness (QED) is 0.520. The van der Waals surface area contributed by atoms with Gasteiger partial charge in [-0.15, -0.1) is 0 Å². The molecular weight excluding hydrogens is 268 g/mol. The Bertz CT molecular complexity index is 1000. The van der Waals surface area contributed by atoms with Crippen LogP contribution >= 0.6 is 0 Å². The average Bonchev–Trinajstić information content (AvgIpc) is 2.96. The summed E-state index contributed by atoms with van der Waals surface area (Å²) in [5.41, 5.74) is 2.09. The number of hydrogen-bond donors (Lipinski definition) is 3. The minimum atomic E-state index is -0.294. The first-order valence-electron chi connectivity index (χ1n) is 6.35. The minimum absolute atomic E-state index is 0.289. The lowest BCUT2D eigenvalue weighted by Crippen LogP contribution is -2.11. The lowest BCUT2D eigenvalue weighted by atomic mass is 10.2. The molecule has 3 heterocycles. The summed E-state index contributed by atoms with van der Waals surface area (Å²) < 4.78 is 0. The molecule has 3 aromatic heterocycles. The van der Waals surface area contributed by atoms with E-state index in [0.29, 0.717) is 11.6 Å². The van der Waals surface area contributed by atoms with Crippen molar-refractivity contribution in [2.75, 3.05) is 5.32 Å². The number of anilines is 2. The highest BCUT2D eigenvalue weighted by Crippen LogP contribution is 2.18. The summed E-state index contributed by atoms with van der Waals surface area (Å²) in [4.78, 5) is 29.8. The van der Waals surface area contributed by atoms with Crippen molar-refractivity contribution in [2.24, 2.45) is 0 Å². The highest BCUT2D eigenvalue weighted by Gasteiger charge is 2.06. The van der Waals surface area contributed by atoms with Gasteiger partial charge >= 0.3 is 0 Å². The number of benzene rings is 1. The monoisotopic (exact) mass is 278 g/mol. The Morgan fingerprint density at radius 1 is 1.14 bits per heavy atom. The van der Waals surface area contributed by atoms with Gasteiger partial charge in [0.05, 0.1) is 23.7 Å². The van der Waals surface area contributed by atoms with Gasteiger partial charge in [0.1, 0.15) is 0 Å². The number of para-hydroxylation sites is 1. The van der Waals surface area contributed by atoms with Gasteiger partial charge in [0.25, 0.3) is 5.56 Å². The lowest BCUT2D eigenvalue weighted by molar-refractivity contribution is 1.15. The van der Waals surface area contributed by atoms with Gasteiger partial charge in [-0.3, -0.25) is 14.8 Å². The fraction of sp³-hybridized carbons (Fsp3) is 0. The number of aromatic amines is 2. The third-order valence-electron chi connectivity index (χ3n) is 3.14. The molecule has 0 bridgehead atoms. The topological polar surface area (TPSA) is 99.4 Å². The van der Waals surface area contributed by atoms with Crippen LogP contribution in [-0.2, 0) is 0 Å². The maximum Gasteiger partial charge on any atom is 0.280 e. The Labute approximate surface area is 118 Å². The van der Waals surface area contributed by atoms with Gasteiger partial charge in [0.15, 0.2) is 11.2 Å². The van der Waals surface area contributed by atoms with E-state index < -0.39 is 0 Å². The van der Waals surface area contributed by atoms with E-state index in [1.165, 1.54) is 6.33 Å². The first-order valence-corrected chi connectivity index (χ1v) is 6.35. The minimum Gasteiger partial charge on any atom is -0.329 e. The predicted octanol–water partition coefficient (Wildman–Crippen LogP) is 1.94. The third kappa shape index (κ3) is 2.00. The van der Waals surface area contributed by atoms with E-state index in [0.717, 1.165) is 16.6 Å². The van der Waals surface area contributed by atoms with Crippen LogP contribution in [0.15, 0.2) is 47.7 Å². The zero-order valence-corrected chi connectivity index (χ0v) is 10.8. The van der Waals surface area contributed by atoms with Crippen LogP contribution in [0.1, 0.15) is 0 Å². The van der Waals surface area contributed by atoms with E-state index in [1.807, 2.05) is 30.3 Å². The van der Waals surface area contributed by atoms with Crippen molar-refractivity contribution < 1.29 is 0 Å². The van der Waals surface area contributed by atoms with E-state index >= 15 is 0 Å². The smallest absolute Gasteiger partial charge is 0.280 e. The second kappa shape index (κ2) is 4.41. The molecule has 0 atom stereocenters. The molecule has 4 rings (SSSR count). The summed E-state index contributed by atoms with van der Waals surface area (Å²) >= 11 is 0. The van der Waals surface area contributed by atoms with Crippen LogP contribution in [0, 0.1) is 0 Å². The number of rotatable bonds is 2. The fourth-order valence-corrected chi connectivity index (χ4v) is 2.18. The van der Waals surface area contributed by atoms with Crippen molar-refractivity contribution in [3.05, 3.63) is 53.2 Å². The van der Waals surface area contributed by atoms with Crippen LogP contribution in [-0.4, -0.2) is 24.9 Å². The van der Waals surface area contributed by atoms with Crippen molar-refractivity contribution in [1.29, 1.82) is 0 Å². The number of aromatic nitrogens is 5. The van der Waals surface area contributed by atoms with Crippen LogP contribution in [0.3, 0.4) is 0 Å². The van der Waals surface area contributed by atoms with Crippen molar-refractivity contribution >= 4 is 33.7 Å². The molecule has 0 radical (unpaired) electrons. The van der Waals surface area contributed by atoms with E-state index in [1.54, 1.807) is 6.20 Å². The molecule has 0 fully saturated rings. The molecule has 0 aliphatic heterocycles. The molecule has 7 nitrogen and oxygen atoms in total. The molecule has 0 unspecified atom stereocenters. The number of nitrogens with one attached hydrogen (secondary N) is 3. The van der Waals surface area contributed by atoms with Gasteiger partial charge in [-0.05, 0) is 12.1 Å². The van der Waals surface area contributed by atoms with Gasteiger partial charge in [0, 0.05) is 5.39 Å². The lowest BCUT2D eigenvalue weighted by Gasteiger charge is -2.05. The summed E-state index contributed by atoms with van der Waals surface area (Å²) in [6, 6.07) is 9.75. The number of imidazole rings is 1. The van der Waals surface area contributed by atoms with Gasteiger partial charge in [-0.1, -0.05) is 18.2 Å². The molecular formula is C14H10N6O. The normalized spacial score (nSPS) is 11.0. The molecule has 0 aliphatic rings. The van der Waals surface area contributed by atoms with Crippen molar-refractivity contribution in [1.82, 2.24) is 24.9 Å². The molecule has 0 saturated carbocycles. The third-order valence-corrected chi connectivity index (χ3v) is 3.14. The van der Waals surface area contributed by atoms with Crippen LogP contribution in [0.25, 0.3) is 22.1 Å². The SMILES string of the molecule is O=c1[nH]c(Nc2cnc3ccccc3c2)nc2[nH]cnc12. The van der Waals surface area contributed by atoms with Crippen molar-refractivity contribution in [3.63, 3.8) is 0 Å². The van der Waals surface area contributed by atoms with Crippen molar-refractivity contribution in [3.8, 4) is 0 Å². The number of pyridine rings is 1. The van der Waals surface area contributed by atoms with E-state index in [-0.39, 0.29) is 11.1 Å². The molecule has 0 saturated heterocycles. The fourth-order valence-electron chi connectivity index (χ4n) is 2.18. The molecule has 3 N–H and O–H groups in total. The van der Waals surface area contributed by atoms with E-state index in [4.69, 9.17) is 0 Å². The second-order valence-corrected chi connectivity index (χ2v) is 4.56. The number of hydrogen-bond acceptors (Lipinski definition) is 5. The van der Waals surface area contributed by atoms with Crippen LogP contribution in [0.2, 0.25) is 0 Å². The maximum absolute atomic E-state index is 11.8. The van der Waals surface area contributed by atoms with Gasteiger partial charge < -0.3 is 10.3 Å². The van der Waals surface area contributed by atoms with Crippen LogP contribution in [0.5, 0.6) is 0 Å². The zero-order valence-electron chi connectivity index (χ0n) is 10.8. The molecule has 0 amide bonds. The van der Waals surface area contributed by atoms with E-state index in [9.17, 15) is 4.79 Å². The molecule has 1 aromatic carbocycles. The summed E-state index contributed by atoms with van der Waals surface area (Å²) in [6.45, 7) is 0. The zero-order chi connectivity index (χ0) is 14.2. The Morgan fingerprint density at radius 3 is 3.00 bits per heavy atom. The average molecular weight is 278 g/mol. The molecule has 0 spiro atoms. The van der Waals surface area contributed by atoms with Crippen molar-refractivity contribution in [2.45, 2.75) is 0 Å². The Balaban J connectivity index is 1.76.